The number of rotatable bonds is 4. The average molecular weight is 352 g/mol. The fourth-order valence-corrected chi connectivity index (χ4v) is 3.80. The Morgan fingerprint density at radius 1 is 1.08 bits per heavy atom. The third-order valence-corrected chi connectivity index (χ3v) is 5.26. The first-order valence-corrected chi connectivity index (χ1v) is 9.03. The Kier molecular flexibility index (Phi) is 3.58. The lowest BCUT2D eigenvalue weighted by molar-refractivity contribution is 0.747. The van der Waals surface area contributed by atoms with Gasteiger partial charge >= 0.3 is 0 Å². The molecule has 0 amide bonds. The van der Waals surface area contributed by atoms with E-state index >= 15 is 0 Å². The average Bonchev–Trinajstić information content (AvgIpc) is 3.47. The van der Waals surface area contributed by atoms with Gasteiger partial charge in [-0.2, -0.15) is 15.1 Å². The molecule has 26 heavy (non-hydrogen) atoms. The van der Waals surface area contributed by atoms with Crippen molar-refractivity contribution in [3.63, 3.8) is 0 Å². The summed E-state index contributed by atoms with van der Waals surface area (Å²) in [4.78, 5) is 20.0. The molecule has 3 aromatic rings. The van der Waals surface area contributed by atoms with Crippen molar-refractivity contribution in [2.45, 2.75) is 25.3 Å². The Labute approximate surface area is 150 Å². The van der Waals surface area contributed by atoms with Gasteiger partial charge in [0.1, 0.15) is 17.5 Å². The monoisotopic (exact) mass is 352 g/mol. The third kappa shape index (κ3) is 2.51. The second-order valence-corrected chi connectivity index (χ2v) is 6.91. The van der Waals surface area contributed by atoms with Crippen molar-refractivity contribution < 1.29 is 0 Å². The molecule has 9 nitrogen and oxygen atoms in total. The molecule has 2 aliphatic heterocycles. The lowest BCUT2D eigenvalue weighted by atomic mass is 10.3. The maximum atomic E-state index is 10.7. The van der Waals surface area contributed by atoms with Crippen LogP contribution in [-0.2, 0) is 0 Å². The first kappa shape index (κ1) is 15.3. The molecule has 0 spiro atoms. The first-order valence-electron chi connectivity index (χ1n) is 9.03. The molecular formula is C17H20N8O. The van der Waals surface area contributed by atoms with E-state index in [0.29, 0.717) is 6.54 Å². The molecule has 134 valence electrons. The SMILES string of the molecule is O=NC1CCN(c2cnn(-c3cnn4ccc(N5CCCC5)nc34)c2)C1. The fourth-order valence-electron chi connectivity index (χ4n) is 3.80. The zero-order valence-electron chi connectivity index (χ0n) is 14.4. The van der Waals surface area contributed by atoms with Gasteiger partial charge in [-0.15, -0.1) is 0 Å². The van der Waals surface area contributed by atoms with Crippen LogP contribution in [0.2, 0.25) is 0 Å². The van der Waals surface area contributed by atoms with E-state index < -0.39 is 0 Å². The standard InChI is InChI=1S/C17H20N8O/c26-21-13-3-7-23(11-13)14-9-18-25(12-14)15-10-19-24-8-4-16(20-17(15)24)22-5-1-2-6-22/h4,8-10,12-13H,1-3,5-7,11H2. The van der Waals surface area contributed by atoms with Gasteiger partial charge < -0.3 is 9.80 Å². The highest BCUT2D eigenvalue weighted by Gasteiger charge is 2.24. The third-order valence-electron chi connectivity index (χ3n) is 5.26. The van der Waals surface area contributed by atoms with Gasteiger partial charge in [0.15, 0.2) is 5.65 Å². The summed E-state index contributed by atoms with van der Waals surface area (Å²) in [6.45, 7) is 3.59. The smallest absolute Gasteiger partial charge is 0.183 e. The van der Waals surface area contributed by atoms with E-state index in [0.717, 1.165) is 48.9 Å². The molecule has 0 saturated carbocycles. The van der Waals surface area contributed by atoms with E-state index in [1.165, 1.54) is 12.8 Å². The van der Waals surface area contributed by atoms with Crippen LogP contribution in [0.3, 0.4) is 0 Å². The minimum absolute atomic E-state index is 0.125. The second kappa shape index (κ2) is 6.08. The number of nitrogens with zero attached hydrogens (tertiary/aromatic N) is 8. The summed E-state index contributed by atoms with van der Waals surface area (Å²) in [6.07, 6.45) is 10.8. The van der Waals surface area contributed by atoms with Gasteiger partial charge in [-0.25, -0.2) is 14.2 Å². The summed E-state index contributed by atoms with van der Waals surface area (Å²) in [5, 5.41) is 12.1. The predicted octanol–water partition coefficient (Wildman–Crippen LogP) is 1.86. The Morgan fingerprint density at radius 2 is 1.96 bits per heavy atom. The molecule has 9 heteroatoms. The van der Waals surface area contributed by atoms with Gasteiger partial charge in [0.05, 0.1) is 24.3 Å². The summed E-state index contributed by atoms with van der Waals surface area (Å²) in [7, 11) is 0. The van der Waals surface area contributed by atoms with E-state index in [1.54, 1.807) is 15.4 Å². The van der Waals surface area contributed by atoms with E-state index in [4.69, 9.17) is 4.98 Å². The maximum absolute atomic E-state index is 10.7. The van der Waals surface area contributed by atoms with Crippen LogP contribution in [0, 0.1) is 4.91 Å². The number of hydrogen-bond donors (Lipinski definition) is 0. The lowest BCUT2D eigenvalue weighted by Gasteiger charge is -2.16. The molecule has 1 unspecified atom stereocenters. The first-order chi connectivity index (χ1) is 12.8. The van der Waals surface area contributed by atoms with Crippen molar-refractivity contribution in [3.8, 4) is 5.69 Å². The molecule has 2 saturated heterocycles. The fraction of sp³-hybridized carbons (Fsp3) is 0.471. The lowest BCUT2D eigenvalue weighted by Crippen LogP contribution is -2.19. The zero-order chi connectivity index (χ0) is 17.5. The molecule has 0 aliphatic carbocycles. The summed E-state index contributed by atoms with van der Waals surface area (Å²) < 4.78 is 3.58. The van der Waals surface area contributed by atoms with Gasteiger partial charge in [-0.1, -0.05) is 5.18 Å². The molecule has 0 bridgehead atoms. The largest absolute Gasteiger partial charge is 0.367 e. The molecule has 2 fully saturated rings. The number of fused-ring (bicyclic) bond motifs is 1. The number of hydrogen-bond acceptors (Lipinski definition) is 7. The van der Waals surface area contributed by atoms with Gasteiger partial charge in [0.25, 0.3) is 0 Å². The summed E-state index contributed by atoms with van der Waals surface area (Å²) in [5.74, 6) is 0.989. The molecular weight excluding hydrogens is 332 g/mol. The normalized spacial score (nSPS) is 20.4. The van der Waals surface area contributed by atoms with E-state index in [1.807, 2.05) is 24.7 Å². The van der Waals surface area contributed by atoms with Crippen molar-refractivity contribution >= 4 is 17.2 Å². The number of anilines is 2. The molecule has 0 radical (unpaired) electrons. The highest BCUT2D eigenvalue weighted by molar-refractivity contribution is 5.62. The molecule has 5 rings (SSSR count). The van der Waals surface area contributed by atoms with Gasteiger partial charge in [0, 0.05) is 32.4 Å². The Hall–Kier alpha value is -2.97. The highest BCUT2D eigenvalue weighted by atomic mass is 16.3. The Bertz CT molecular complexity index is 941. The number of aromatic nitrogens is 5. The van der Waals surface area contributed by atoms with E-state index in [9.17, 15) is 4.91 Å². The molecule has 0 aromatic carbocycles. The van der Waals surface area contributed by atoms with Crippen LogP contribution in [0.25, 0.3) is 11.3 Å². The van der Waals surface area contributed by atoms with Crippen LogP contribution >= 0.6 is 0 Å². The molecule has 1 atom stereocenters. The highest BCUT2D eigenvalue weighted by Crippen LogP contribution is 2.25. The van der Waals surface area contributed by atoms with Crippen molar-refractivity contribution in [2.24, 2.45) is 5.18 Å². The second-order valence-electron chi connectivity index (χ2n) is 6.91. The minimum atomic E-state index is -0.125. The maximum Gasteiger partial charge on any atom is 0.183 e. The molecule has 0 N–H and O–H groups in total. The Balaban J connectivity index is 1.47. The number of nitroso groups, excluding NO2 is 1. The van der Waals surface area contributed by atoms with Crippen LogP contribution < -0.4 is 9.80 Å². The summed E-state index contributed by atoms with van der Waals surface area (Å²) >= 11 is 0. The predicted molar refractivity (Wildman–Crippen MR) is 98.0 cm³/mol. The quantitative estimate of drug-likeness (QED) is 0.667. The van der Waals surface area contributed by atoms with Gasteiger partial charge in [0.2, 0.25) is 0 Å². The van der Waals surface area contributed by atoms with Crippen LogP contribution in [0.15, 0.2) is 36.0 Å². The minimum Gasteiger partial charge on any atom is -0.367 e. The van der Waals surface area contributed by atoms with Crippen LogP contribution in [0.5, 0.6) is 0 Å². The molecule has 3 aromatic heterocycles. The van der Waals surface area contributed by atoms with Crippen molar-refractivity contribution in [3.05, 3.63) is 35.8 Å². The van der Waals surface area contributed by atoms with Crippen LogP contribution in [-0.4, -0.2) is 56.6 Å². The van der Waals surface area contributed by atoms with E-state index in [-0.39, 0.29) is 6.04 Å². The summed E-state index contributed by atoms with van der Waals surface area (Å²) in [6, 6.07) is 1.89. The summed E-state index contributed by atoms with van der Waals surface area (Å²) in [5.41, 5.74) is 2.63. The van der Waals surface area contributed by atoms with Crippen molar-refractivity contribution in [1.82, 2.24) is 24.4 Å². The van der Waals surface area contributed by atoms with Crippen LogP contribution in [0.4, 0.5) is 11.5 Å². The Morgan fingerprint density at radius 3 is 2.77 bits per heavy atom. The van der Waals surface area contributed by atoms with Crippen molar-refractivity contribution in [2.75, 3.05) is 36.0 Å². The molecule has 5 heterocycles. The topological polar surface area (TPSA) is 83.9 Å². The van der Waals surface area contributed by atoms with E-state index in [2.05, 4.69) is 25.2 Å². The van der Waals surface area contributed by atoms with Gasteiger partial charge in [-0.3, -0.25) is 0 Å². The van der Waals surface area contributed by atoms with Gasteiger partial charge in [-0.05, 0) is 25.3 Å². The molecule has 2 aliphatic rings. The van der Waals surface area contributed by atoms with Crippen molar-refractivity contribution in [1.29, 1.82) is 0 Å². The van der Waals surface area contributed by atoms with Crippen LogP contribution in [0.1, 0.15) is 19.3 Å². The zero-order valence-corrected chi connectivity index (χ0v) is 14.4.